The van der Waals surface area contributed by atoms with Crippen LogP contribution in [-0.2, 0) is 17.3 Å². The second kappa shape index (κ2) is 5.38. The molecule has 0 saturated heterocycles. The van der Waals surface area contributed by atoms with E-state index in [0.717, 1.165) is 0 Å². The maximum atomic E-state index is 11.8. The van der Waals surface area contributed by atoms with E-state index in [1.807, 2.05) is 0 Å². The lowest BCUT2D eigenvalue weighted by Crippen LogP contribution is -2.09. The molecule has 0 fully saturated rings. The van der Waals surface area contributed by atoms with Gasteiger partial charge in [-0.2, -0.15) is 0 Å². The van der Waals surface area contributed by atoms with Crippen molar-refractivity contribution in [2.75, 3.05) is 6.26 Å². The van der Waals surface area contributed by atoms with Crippen molar-refractivity contribution in [1.29, 1.82) is 0 Å². The quantitative estimate of drug-likeness (QED) is 0.728. The molecule has 3 aromatic rings. The van der Waals surface area contributed by atoms with Gasteiger partial charge in [0.1, 0.15) is 17.7 Å². The molecule has 0 aliphatic carbocycles. The van der Waals surface area contributed by atoms with Crippen molar-refractivity contribution in [1.82, 2.24) is 14.8 Å². The van der Waals surface area contributed by atoms with Gasteiger partial charge in [-0.05, 0) is 24.6 Å². The number of aromatic hydroxyl groups is 1. The molecule has 114 valence electrons. The van der Waals surface area contributed by atoms with Gasteiger partial charge in [0.05, 0.1) is 17.3 Å². The number of phenols is 1. The predicted octanol–water partition coefficient (Wildman–Crippen LogP) is 1.18. The Morgan fingerprint density at radius 3 is 2.91 bits per heavy atom. The molecular formula is C14H13N3O4S. The second-order valence-electron chi connectivity index (χ2n) is 4.87. The highest BCUT2D eigenvalue weighted by Crippen LogP contribution is 2.27. The maximum Gasteiger partial charge on any atom is 0.336 e. The molecule has 0 amide bonds. The lowest BCUT2D eigenvalue weighted by atomic mass is 10.1. The zero-order chi connectivity index (χ0) is 15.9. The van der Waals surface area contributed by atoms with E-state index in [1.165, 1.54) is 18.6 Å². The van der Waals surface area contributed by atoms with Crippen molar-refractivity contribution in [2.24, 2.45) is 0 Å². The van der Waals surface area contributed by atoms with Crippen LogP contribution in [0.25, 0.3) is 11.0 Å². The largest absolute Gasteiger partial charge is 0.508 e. The van der Waals surface area contributed by atoms with Gasteiger partial charge in [-0.15, -0.1) is 10.2 Å². The third kappa shape index (κ3) is 2.41. The first kappa shape index (κ1) is 14.5. The summed E-state index contributed by atoms with van der Waals surface area (Å²) in [4.78, 5) is 11.8. The van der Waals surface area contributed by atoms with Crippen molar-refractivity contribution in [3.8, 4) is 5.75 Å². The average Bonchev–Trinajstić information content (AvgIpc) is 2.91. The Kier molecular flexibility index (Phi) is 3.53. The Labute approximate surface area is 127 Å². The second-order valence-corrected chi connectivity index (χ2v) is 6.15. The number of phenolic OH excluding ortho intramolecular Hbond substituents is 1. The molecule has 0 saturated carbocycles. The number of nitrogens with zero attached hydrogens (tertiary/aromatic N) is 3. The first-order valence-corrected chi connectivity index (χ1v) is 7.99. The van der Waals surface area contributed by atoms with E-state index in [9.17, 15) is 14.1 Å². The lowest BCUT2D eigenvalue weighted by molar-refractivity contribution is 0.468. The van der Waals surface area contributed by atoms with Gasteiger partial charge in [0.15, 0.2) is 0 Å². The molecule has 0 spiro atoms. The monoisotopic (exact) mass is 319 g/mol. The van der Waals surface area contributed by atoms with Crippen LogP contribution in [0.15, 0.2) is 38.9 Å². The minimum absolute atomic E-state index is 0.0625. The van der Waals surface area contributed by atoms with Crippen LogP contribution < -0.4 is 5.63 Å². The molecule has 0 unspecified atom stereocenters. The Morgan fingerprint density at radius 1 is 1.41 bits per heavy atom. The van der Waals surface area contributed by atoms with E-state index < -0.39 is 16.4 Å². The van der Waals surface area contributed by atoms with Crippen LogP contribution in [0, 0.1) is 6.92 Å². The summed E-state index contributed by atoms with van der Waals surface area (Å²) in [5.74, 6) is 0.0625. The number of rotatable bonds is 3. The summed E-state index contributed by atoms with van der Waals surface area (Å²) in [7, 11) is -1.28. The van der Waals surface area contributed by atoms with Crippen LogP contribution in [0.3, 0.4) is 0 Å². The van der Waals surface area contributed by atoms with Crippen LogP contribution in [0.2, 0.25) is 0 Å². The van der Waals surface area contributed by atoms with Crippen LogP contribution in [0.4, 0.5) is 0 Å². The topological polar surface area (TPSA) is 98.2 Å². The molecule has 0 aliphatic rings. The van der Waals surface area contributed by atoms with E-state index >= 15 is 0 Å². The van der Waals surface area contributed by atoms with Crippen molar-refractivity contribution in [3.63, 3.8) is 0 Å². The summed E-state index contributed by atoms with van der Waals surface area (Å²) in [6.45, 7) is 1.96. The van der Waals surface area contributed by atoms with Gasteiger partial charge in [-0.1, -0.05) is 0 Å². The summed E-state index contributed by atoms with van der Waals surface area (Å²) in [6, 6.07) is 4.61. The Bertz CT molecular complexity index is 945. The fraction of sp³-hybridized carbons (Fsp3) is 0.214. The van der Waals surface area contributed by atoms with Crippen LogP contribution in [0.1, 0.15) is 11.1 Å². The minimum Gasteiger partial charge on any atom is -0.508 e. The number of fused-ring (bicyclic) bond motifs is 1. The Hall–Kier alpha value is -2.48. The fourth-order valence-corrected chi connectivity index (χ4v) is 2.91. The zero-order valence-electron chi connectivity index (χ0n) is 11.9. The van der Waals surface area contributed by atoms with E-state index in [4.69, 9.17) is 4.42 Å². The molecule has 22 heavy (non-hydrogen) atoms. The molecule has 0 radical (unpaired) electrons. The molecule has 7 nitrogen and oxygen atoms in total. The molecule has 8 heteroatoms. The average molecular weight is 319 g/mol. The highest BCUT2D eigenvalue weighted by atomic mass is 32.2. The summed E-state index contributed by atoms with van der Waals surface area (Å²) in [5.41, 5.74) is 1.01. The summed E-state index contributed by atoms with van der Waals surface area (Å²) in [6.07, 6.45) is 2.98. The zero-order valence-corrected chi connectivity index (χ0v) is 12.8. The van der Waals surface area contributed by atoms with Gasteiger partial charge < -0.3 is 14.1 Å². The van der Waals surface area contributed by atoms with Crippen molar-refractivity contribution in [3.05, 3.63) is 46.1 Å². The number of hydrogen-bond acceptors (Lipinski definition) is 6. The molecule has 1 atom stereocenters. The molecule has 1 aromatic carbocycles. The smallest absolute Gasteiger partial charge is 0.336 e. The molecule has 2 aromatic heterocycles. The van der Waals surface area contributed by atoms with E-state index in [1.54, 1.807) is 23.6 Å². The normalized spacial score (nSPS) is 12.6. The van der Waals surface area contributed by atoms with Gasteiger partial charge in [-0.25, -0.2) is 4.79 Å². The first-order chi connectivity index (χ1) is 10.5. The third-order valence-electron chi connectivity index (χ3n) is 3.40. The molecule has 0 bridgehead atoms. The summed E-state index contributed by atoms with van der Waals surface area (Å²) < 4.78 is 18.4. The molecular weight excluding hydrogens is 306 g/mol. The summed E-state index contributed by atoms with van der Waals surface area (Å²) >= 11 is 0. The lowest BCUT2D eigenvalue weighted by Gasteiger charge is -2.09. The summed E-state index contributed by atoms with van der Waals surface area (Å²) in [5, 5.41) is 18.3. The highest BCUT2D eigenvalue weighted by molar-refractivity contribution is 7.84. The Balaban J connectivity index is 2.19. The Morgan fingerprint density at radius 2 is 2.18 bits per heavy atom. The van der Waals surface area contributed by atoms with Crippen LogP contribution in [-0.4, -0.2) is 30.3 Å². The molecule has 3 rings (SSSR count). The van der Waals surface area contributed by atoms with Gasteiger partial charge in [0.2, 0.25) is 5.16 Å². The van der Waals surface area contributed by atoms with Crippen molar-refractivity contribution >= 4 is 21.8 Å². The molecule has 2 heterocycles. The van der Waals surface area contributed by atoms with Gasteiger partial charge in [-0.3, -0.25) is 4.21 Å². The van der Waals surface area contributed by atoms with Gasteiger partial charge >= 0.3 is 5.63 Å². The van der Waals surface area contributed by atoms with E-state index in [2.05, 4.69) is 10.2 Å². The van der Waals surface area contributed by atoms with Gasteiger partial charge in [0.25, 0.3) is 0 Å². The SMILES string of the molecule is Cc1c(O)ccc2c(Cn3cnnc3[S@](C)=O)cc(=O)oc12. The van der Waals surface area contributed by atoms with Crippen LogP contribution in [0.5, 0.6) is 5.75 Å². The van der Waals surface area contributed by atoms with Crippen LogP contribution >= 0.6 is 0 Å². The number of benzene rings is 1. The van der Waals surface area contributed by atoms with E-state index in [-0.39, 0.29) is 12.3 Å². The number of aryl methyl sites for hydroxylation is 1. The maximum absolute atomic E-state index is 11.8. The van der Waals surface area contributed by atoms with Crippen molar-refractivity contribution < 1.29 is 13.7 Å². The first-order valence-electron chi connectivity index (χ1n) is 6.44. The van der Waals surface area contributed by atoms with Gasteiger partial charge in [0, 0.05) is 23.3 Å². The molecule has 1 N–H and O–H groups in total. The van der Waals surface area contributed by atoms with E-state index in [0.29, 0.717) is 27.3 Å². The predicted molar refractivity (Wildman–Crippen MR) is 80.3 cm³/mol. The molecule has 0 aliphatic heterocycles. The highest BCUT2D eigenvalue weighted by Gasteiger charge is 2.14. The third-order valence-corrected chi connectivity index (χ3v) is 4.23. The number of hydrogen-bond donors (Lipinski definition) is 1. The fourth-order valence-electron chi connectivity index (χ4n) is 2.31. The van der Waals surface area contributed by atoms with Crippen molar-refractivity contribution in [2.45, 2.75) is 18.6 Å². The minimum atomic E-state index is -1.28. The number of aromatic nitrogens is 3. The standard InChI is InChI=1S/C14H13N3O4S/c1-8-11(18)4-3-10-9(5-12(19)21-13(8)10)6-17-7-15-16-14(17)22(2)20/h3-5,7,18H,6H2,1-2H3/t22-/m0/s1.